The summed E-state index contributed by atoms with van der Waals surface area (Å²) in [5.41, 5.74) is 16.4. The van der Waals surface area contributed by atoms with Crippen LogP contribution in [0.1, 0.15) is 84.1 Å². The number of ether oxygens (including phenoxy) is 1. The molecule has 0 saturated heterocycles. The highest BCUT2D eigenvalue weighted by atomic mass is 16.5. The number of nitrogens with two attached hydrogens (primary N) is 2. The monoisotopic (exact) mass is 454 g/mol. The maximum atomic E-state index is 6.06. The van der Waals surface area contributed by atoms with Crippen LogP contribution in [-0.2, 0) is 6.42 Å². The summed E-state index contributed by atoms with van der Waals surface area (Å²) in [5, 5.41) is 0. The van der Waals surface area contributed by atoms with Crippen molar-refractivity contribution in [1.82, 2.24) is 0 Å². The number of guanidine groups is 1. The number of benzene rings is 1. The first-order valence-electron chi connectivity index (χ1n) is 12.8. The predicted octanol–water partition coefficient (Wildman–Crippen LogP) is 6.12. The number of hydrogen-bond acceptors (Lipinski definition) is 3. The maximum absolute atomic E-state index is 6.06. The van der Waals surface area contributed by atoms with Crippen LogP contribution >= 0.6 is 0 Å². The molecule has 0 radical (unpaired) electrons. The molecule has 0 unspecified atom stereocenters. The molecule has 2 rings (SSSR count). The lowest BCUT2D eigenvalue weighted by molar-refractivity contribution is 0.304. The van der Waals surface area contributed by atoms with Crippen LogP contribution in [0.3, 0.4) is 0 Å². The fourth-order valence-electron chi connectivity index (χ4n) is 4.21. The van der Waals surface area contributed by atoms with Crippen LogP contribution in [0.25, 0.3) is 0 Å². The number of unbranched alkanes of at least 4 members (excludes halogenated alkanes) is 5. The third-order valence-corrected chi connectivity index (χ3v) is 6.13. The van der Waals surface area contributed by atoms with Crippen molar-refractivity contribution in [3.63, 3.8) is 0 Å². The van der Waals surface area contributed by atoms with Gasteiger partial charge < -0.3 is 21.1 Å². The van der Waals surface area contributed by atoms with E-state index in [0.717, 1.165) is 64.1 Å². The second-order valence-electron chi connectivity index (χ2n) is 9.49. The molecule has 0 bridgehead atoms. The number of hydrogen-bond donors (Lipinski definition) is 2. The standard InChI is InChI=1S/C28H46N4O/c1-23(2)12-10-13-24(3)17-20-32-19-11-14-25-22-26(15-16-27(25)32)33-21-9-7-5-4-6-8-18-31-28(29)30/h12,15-17,22H,4-11,13-14,18-21H2,1-3H3,(H4,29,30,31)/b24-17+. The fourth-order valence-corrected chi connectivity index (χ4v) is 4.21. The van der Waals surface area contributed by atoms with Gasteiger partial charge in [-0.15, -0.1) is 0 Å². The Morgan fingerprint density at radius 2 is 1.79 bits per heavy atom. The molecule has 0 spiro atoms. The molecular weight excluding hydrogens is 408 g/mol. The number of fused-ring (bicyclic) bond motifs is 1. The first-order valence-corrected chi connectivity index (χ1v) is 12.8. The van der Waals surface area contributed by atoms with Gasteiger partial charge >= 0.3 is 0 Å². The molecule has 4 N–H and O–H groups in total. The van der Waals surface area contributed by atoms with E-state index in [4.69, 9.17) is 16.2 Å². The highest BCUT2D eigenvalue weighted by Crippen LogP contribution is 2.30. The zero-order valence-electron chi connectivity index (χ0n) is 21.2. The molecule has 1 aliphatic rings. The van der Waals surface area contributed by atoms with E-state index in [-0.39, 0.29) is 5.96 Å². The molecule has 1 aliphatic heterocycles. The zero-order valence-corrected chi connectivity index (χ0v) is 21.2. The largest absolute Gasteiger partial charge is 0.494 e. The van der Waals surface area contributed by atoms with Gasteiger partial charge in [-0.3, -0.25) is 4.99 Å². The Balaban J connectivity index is 1.69. The molecule has 0 amide bonds. The predicted molar refractivity (Wildman–Crippen MR) is 143 cm³/mol. The van der Waals surface area contributed by atoms with Crippen LogP contribution in [0, 0.1) is 0 Å². The van der Waals surface area contributed by atoms with Gasteiger partial charge in [0.05, 0.1) is 6.61 Å². The number of aryl methyl sites for hydroxylation is 1. The fraction of sp³-hybridized carbons (Fsp3) is 0.607. The van der Waals surface area contributed by atoms with Gasteiger partial charge in [0, 0.05) is 25.3 Å². The molecule has 33 heavy (non-hydrogen) atoms. The van der Waals surface area contributed by atoms with Gasteiger partial charge in [-0.2, -0.15) is 0 Å². The lowest BCUT2D eigenvalue weighted by Gasteiger charge is -2.31. The Bertz CT molecular complexity index is 789. The van der Waals surface area contributed by atoms with Crippen molar-refractivity contribution in [2.24, 2.45) is 16.5 Å². The second-order valence-corrected chi connectivity index (χ2v) is 9.49. The van der Waals surface area contributed by atoms with Crippen LogP contribution in [0.5, 0.6) is 5.75 Å². The SMILES string of the molecule is CC(C)=CCC/C(C)=C/CN1CCCc2cc(OCCCCCCCCN=C(N)N)ccc21. The highest BCUT2D eigenvalue weighted by molar-refractivity contribution is 5.75. The molecule has 0 saturated carbocycles. The van der Waals surface area contributed by atoms with Crippen molar-refractivity contribution in [2.75, 3.05) is 31.1 Å². The van der Waals surface area contributed by atoms with E-state index in [1.54, 1.807) is 0 Å². The molecule has 0 aliphatic carbocycles. The van der Waals surface area contributed by atoms with Crippen molar-refractivity contribution in [2.45, 2.75) is 85.0 Å². The van der Waals surface area contributed by atoms with Gasteiger partial charge in [-0.05, 0) is 83.1 Å². The summed E-state index contributed by atoms with van der Waals surface area (Å²) in [6.45, 7) is 10.3. The molecule has 5 heteroatoms. The second kappa shape index (κ2) is 15.4. The number of allylic oxidation sites excluding steroid dienone is 3. The van der Waals surface area contributed by atoms with Crippen LogP contribution in [0.4, 0.5) is 5.69 Å². The van der Waals surface area contributed by atoms with Gasteiger partial charge in [0.2, 0.25) is 0 Å². The molecule has 1 heterocycles. The van der Waals surface area contributed by atoms with Crippen LogP contribution in [-0.4, -0.2) is 32.2 Å². The smallest absolute Gasteiger partial charge is 0.185 e. The Kier molecular flexibility index (Phi) is 12.5. The highest BCUT2D eigenvalue weighted by Gasteiger charge is 2.16. The van der Waals surface area contributed by atoms with E-state index in [9.17, 15) is 0 Å². The molecular formula is C28H46N4O. The first kappa shape index (κ1) is 26.8. The molecule has 5 nitrogen and oxygen atoms in total. The van der Waals surface area contributed by atoms with E-state index >= 15 is 0 Å². The molecule has 0 aromatic heterocycles. The molecule has 1 aromatic carbocycles. The van der Waals surface area contributed by atoms with E-state index in [1.165, 1.54) is 54.5 Å². The quantitative estimate of drug-likeness (QED) is 0.145. The molecule has 184 valence electrons. The minimum Gasteiger partial charge on any atom is -0.494 e. The maximum Gasteiger partial charge on any atom is 0.185 e. The van der Waals surface area contributed by atoms with Gasteiger partial charge in [0.25, 0.3) is 0 Å². The number of aliphatic imine (C=N–C) groups is 1. The van der Waals surface area contributed by atoms with Crippen molar-refractivity contribution in [3.05, 3.63) is 47.1 Å². The average Bonchev–Trinajstić information content (AvgIpc) is 2.78. The molecule has 1 aromatic rings. The van der Waals surface area contributed by atoms with Crippen LogP contribution in [0.15, 0.2) is 46.5 Å². The minimum absolute atomic E-state index is 0.194. The number of rotatable bonds is 15. The summed E-state index contributed by atoms with van der Waals surface area (Å²) in [7, 11) is 0. The first-order chi connectivity index (χ1) is 16.0. The van der Waals surface area contributed by atoms with E-state index in [2.05, 4.69) is 61.0 Å². The van der Waals surface area contributed by atoms with E-state index in [1.807, 2.05) is 0 Å². The Labute approximate surface area is 202 Å². The van der Waals surface area contributed by atoms with Gasteiger partial charge in [-0.1, -0.05) is 49.0 Å². The Hall–Kier alpha value is -2.43. The summed E-state index contributed by atoms with van der Waals surface area (Å²) in [4.78, 5) is 6.53. The lowest BCUT2D eigenvalue weighted by Crippen LogP contribution is -2.29. The van der Waals surface area contributed by atoms with Crippen molar-refractivity contribution >= 4 is 11.6 Å². The lowest BCUT2D eigenvalue weighted by atomic mass is 10.0. The van der Waals surface area contributed by atoms with Gasteiger partial charge in [0.1, 0.15) is 5.75 Å². The molecule has 0 atom stereocenters. The summed E-state index contributed by atoms with van der Waals surface area (Å²) in [5.74, 6) is 1.21. The third kappa shape index (κ3) is 11.3. The average molecular weight is 455 g/mol. The van der Waals surface area contributed by atoms with Crippen LogP contribution < -0.4 is 21.1 Å². The third-order valence-electron chi connectivity index (χ3n) is 6.13. The minimum atomic E-state index is 0.194. The summed E-state index contributed by atoms with van der Waals surface area (Å²) < 4.78 is 6.06. The number of nitrogens with zero attached hydrogens (tertiary/aromatic N) is 2. The Morgan fingerprint density at radius 1 is 1.03 bits per heavy atom. The van der Waals surface area contributed by atoms with Gasteiger partial charge in [-0.25, -0.2) is 0 Å². The van der Waals surface area contributed by atoms with Crippen molar-refractivity contribution in [3.8, 4) is 5.75 Å². The normalized spacial score (nSPS) is 13.4. The van der Waals surface area contributed by atoms with E-state index < -0.39 is 0 Å². The number of anilines is 1. The van der Waals surface area contributed by atoms with E-state index in [0.29, 0.717) is 0 Å². The van der Waals surface area contributed by atoms with Gasteiger partial charge in [0.15, 0.2) is 5.96 Å². The zero-order chi connectivity index (χ0) is 23.9. The van der Waals surface area contributed by atoms with Crippen molar-refractivity contribution in [1.29, 1.82) is 0 Å². The topological polar surface area (TPSA) is 76.9 Å². The summed E-state index contributed by atoms with van der Waals surface area (Å²) in [6.07, 6.45) is 16.4. The summed E-state index contributed by atoms with van der Waals surface area (Å²) in [6, 6.07) is 6.66. The van der Waals surface area contributed by atoms with Crippen LogP contribution in [0.2, 0.25) is 0 Å². The summed E-state index contributed by atoms with van der Waals surface area (Å²) >= 11 is 0. The van der Waals surface area contributed by atoms with Crippen molar-refractivity contribution < 1.29 is 4.74 Å². The molecule has 0 fully saturated rings. The Morgan fingerprint density at radius 3 is 2.55 bits per heavy atom.